The van der Waals surface area contributed by atoms with E-state index in [-0.39, 0.29) is 12.1 Å². The molecule has 3 nitrogen and oxygen atoms in total. The Hall–Kier alpha value is -0.420. The zero-order valence-electron chi connectivity index (χ0n) is 10.7. The normalized spacial score (nSPS) is 14.9. The van der Waals surface area contributed by atoms with E-state index in [9.17, 15) is 0 Å². The number of hydroxylamine groups is 2. The molecule has 1 aromatic carbocycles. The molecule has 4 heteroatoms. The molecule has 0 bridgehead atoms. The Balaban J connectivity index is 3.05. The highest BCUT2D eigenvalue weighted by Gasteiger charge is 2.25. The molecule has 2 N–H and O–H groups in total. The summed E-state index contributed by atoms with van der Waals surface area (Å²) in [4.78, 5) is 5.42. The second-order valence-corrected chi connectivity index (χ2v) is 4.90. The lowest BCUT2D eigenvalue weighted by molar-refractivity contribution is -0.165. The molecule has 1 rings (SSSR count). The zero-order valence-corrected chi connectivity index (χ0v) is 12.3. The summed E-state index contributed by atoms with van der Waals surface area (Å²) in [5, 5.41) is 1.93. The van der Waals surface area contributed by atoms with Crippen LogP contribution >= 0.6 is 15.9 Å². The van der Waals surface area contributed by atoms with Crippen LogP contribution in [0.1, 0.15) is 31.9 Å². The lowest BCUT2D eigenvalue weighted by atomic mass is 9.98. The molecule has 0 aliphatic carbocycles. The first-order valence-electron chi connectivity index (χ1n) is 5.95. The number of nitrogens with zero attached hydrogens (tertiary/aromatic N) is 1. The van der Waals surface area contributed by atoms with Crippen LogP contribution in [0.4, 0.5) is 0 Å². The third-order valence-electron chi connectivity index (χ3n) is 2.92. The Bertz CT molecular complexity index is 342. The Morgan fingerprint density at radius 3 is 2.59 bits per heavy atom. The molecule has 0 saturated carbocycles. The van der Waals surface area contributed by atoms with E-state index in [1.807, 2.05) is 17.2 Å². The van der Waals surface area contributed by atoms with Gasteiger partial charge in [0.05, 0.1) is 13.2 Å². The van der Waals surface area contributed by atoms with Crippen molar-refractivity contribution in [2.45, 2.75) is 32.4 Å². The molecule has 0 radical (unpaired) electrons. The van der Waals surface area contributed by atoms with E-state index in [2.05, 4.69) is 41.9 Å². The lowest BCUT2D eigenvalue weighted by Gasteiger charge is -2.32. The van der Waals surface area contributed by atoms with Crippen molar-refractivity contribution >= 4 is 15.9 Å². The zero-order chi connectivity index (χ0) is 12.8. The fourth-order valence-corrected chi connectivity index (χ4v) is 2.40. The van der Waals surface area contributed by atoms with Crippen molar-refractivity contribution < 1.29 is 4.84 Å². The van der Waals surface area contributed by atoms with Gasteiger partial charge in [-0.05, 0) is 24.1 Å². The maximum atomic E-state index is 6.21. The third kappa shape index (κ3) is 3.78. The first-order chi connectivity index (χ1) is 8.13. The van der Waals surface area contributed by atoms with Gasteiger partial charge in [-0.2, -0.15) is 5.06 Å². The number of halogens is 1. The van der Waals surface area contributed by atoms with Gasteiger partial charge in [0.25, 0.3) is 0 Å². The summed E-state index contributed by atoms with van der Waals surface area (Å²) in [5.41, 5.74) is 7.39. The van der Waals surface area contributed by atoms with E-state index < -0.39 is 0 Å². The molecule has 17 heavy (non-hydrogen) atoms. The predicted molar refractivity (Wildman–Crippen MR) is 74.5 cm³/mol. The Morgan fingerprint density at radius 2 is 2.12 bits per heavy atom. The van der Waals surface area contributed by atoms with E-state index in [4.69, 9.17) is 10.6 Å². The first kappa shape index (κ1) is 14.6. The quantitative estimate of drug-likeness (QED) is 0.821. The van der Waals surface area contributed by atoms with Crippen LogP contribution in [0.5, 0.6) is 0 Å². The Kier molecular flexibility index (Phi) is 6.12. The molecule has 0 heterocycles. The largest absolute Gasteiger partial charge is 0.326 e. The van der Waals surface area contributed by atoms with Crippen LogP contribution in [-0.4, -0.2) is 24.8 Å². The number of hydrogen-bond donors (Lipinski definition) is 1. The maximum Gasteiger partial charge on any atom is 0.0753 e. The second kappa shape index (κ2) is 7.11. The summed E-state index contributed by atoms with van der Waals surface area (Å²) in [7, 11) is 1.69. The van der Waals surface area contributed by atoms with Gasteiger partial charge in [0.2, 0.25) is 0 Å². The highest BCUT2D eigenvalue weighted by atomic mass is 79.9. The van der Waals surface area contributed by atoms with E-state index in [1.165, 1.54) is 5.56 Å². The van der Waals surface area contributed by atoms with Crippen molar-refractivity contribution in [2.24, 2.45) is 5.73 Å². The van der Waals surface area contributed by atoms with E-state index in [1.54, 1.807) is 7.11 Å². The minimum Gasteiger partial charge on any atom is -0.326 e. The van der Waals surface area contributed by atoms with Crippen LogP contribution in [0.25, 0.3) is 0 Å². The van der Waals surface area contributed by atoms with Gasteiger partial charge in [-0.1, -0.05) is 41.9 Å². The fraction of sp³-hybridized carbons (Fsp3) is 0.538. The van der Waals surface area contributed by atoms with Crippen molar-refractivity contribution in [3.8, 4) is 0 Å². The summed E-state index contributed by atoms with van der Waals surface area (Å²) >= 11 is 3.49. The molecule has 0 fully saturated rings. The van der Waals surface area contributed by atoms with E-state index >= 15 is 0 Å². The van der Waals surface area contributed by atoms with Crippen molar-refractivity contribution in [2.75, 3.05) is 13.7 Å². The number of benzene rings is 1. The minimum atomic E-state index is 0.0594. The summed E-state index contributed by atoms with van der Waals surface area (Å²) in [6.07, 6.45) is 0.914. The van der Waals surface area contributed by atoms with E-state index in [0.29, 0.717) is 0 Å². The Morgan fingerprint density at radius 1 is 1.41 bits per heavy atom. The predicted octanol–water partition coefficient (Wildman–Crippen LogP) is 3.11. The van der Waals surface area contributed by atoms with E-state index in [0.717, 1.165) is 17.4 Å². The molecule has 0 aliphatic rings. The van der Waals surface area contributed by atoms with Crippen molar-refractivity contribution in [1.29, 1.82) is 0 Å². The third-order valence-corrected chi connectivity index (χ3v) is 3.42. The summed E-state index contributed by atoms with van der Waals surface area (Å²) in [6.45, 7) is 4.97. The Labute approximate surface area is 112 Å². The number of nitrogens with two attached hydrogens (primary N) is 1. The molecule has 0 aromatic heterocycles. The maximum absolute atomic E-state index is 6.21. The number of rotatable bonds is 6. The molecule has 96 valence electrons. The highest BCUT2D eigenvalue weighted by molar-refractivity contribution is 9.10. The highest BCUT2D eigenvalue weighted by Crippen LogP contribution is 2.27. The summed E-state index contributed by atoms with van der Waals surface area (Å²) in [6, 6.07) is 8.38. The standard InChI is InChI=1S/C13H21BrN2O/c1-4-12(15)13(16(5-2)17-3)10-7-6-8-11(14)9-10/h6-9,12-13H,4-5,15H2,1-3H3. The van der Waals surface area contributed by atoms with Gasteiger partial charge in [0.15, 0.2) is 0 Å². The second-order valence-electron chi connectivity index (χ2n) is 3.99. The van der Waals surface area contributed by atoms with Crippen LogP contribution in [-0.2, 0) is 4.84 Å². The molecular weight excluding hydrogens is 280 g/mol. The molecule has 1 aromatic rings. The fourth-order valence-electron chi connectivity index (χ4n) is 1.98. The van der Waals surface area contributed by atoms with Gasteiger partial charge in [-0.25, -0.2) is 0 Å². The average Bonchev–Trinajstić information content (AvgIpc) is 2.34. The molecule has 0 aliphatic heterocycles. The van der Waals surface area contributed by atoms with Gasteiger partial charge in [-0.15, -0.1) is 0 Å². The number of likely N-dealkylation sites (N-methyl/N-ethyl adjacent to an activating group) is 1. The van der Waals surface area contributed by atoms with Crippen molar-refractivity contribution in [1.82, 2.24) is 5.06 Å². The lowest BCUT2D eigenvalue weighted by Crippen LogP contribution is -2.40. The molecule has 0 spiro atoms. The van der Waals surface area contributed by atoms with Crippen LogP contribution < -0.4 is 5.73 Å². The van der Waals surface area contributed by atoms with Gasteiger partial charge in [-0.3, -0.25) is 0 Å². The molecule has 2 atom stereocenters. The van der Waals surface area contributed by atoms with Gasteiger partial charge in [0, 0.05) is 17.1 Å². The van der Waals surface area contributed by atoms with Crippen LogP contribution in [0.3, 0.4) is 0 Å². The SMILES string of the molecule is CCC(N)C(c1cccc(Br)c1)N(CC)OC. The van der Waals surface area contributed by atoms with Crippen molar-refractivity contribution in [3.05, 3.63) is 34.3 Å². The number of hydrogen-bond acceptors (Lipinski definition) is 3. The molecule has 0 saturated heterocycles. The molecule has 0 amide bonds. The van der Waals surface area contributed by atoms with Crippen LogP contribution in [0.15, 0.2) is 28.7 Å². The van der Waals surface area contributed by atoms with Crippen LogP contribution in [0.2, 0.25) is 0 Å². The molecule has 2 unspecified atom stereocenters. The van der Waals surface area contributed by atoms with Gasteiger partial charge in [0.1, 0.15) is 0 Å². The summed E-state index contributed by atoms with van der Waals surface area (Å²) < 4.78 is 1.07. The van der Waals surface area contributed by atoms with Gasteiger partial charge >= 0.3 is 0 Å². The molecular formula is C13H21BrN2O. The van der Waals surface area contributed by atoms with Gasteiger partial charge < -0.3 is 10.6 Å². The van der Waals surface area contributed by atoms with Crippen molar-refractivity contribution in [3.63, 3.8) is 0 Å². The monoisotopic (exact) mass is 300 g/mol. The topological polar surface area (TPSA) is 38.5 Å². The smallest absolute Gasteiger partial charge is 0.0753 e. The van der Waals surface area contributed by atoms with Crippen LogP contribution in [0, 0.1) is 0 Å². The minimum absolute atomic E-state index is 0.0594. The first-order valence-corrected chi connectivity index (χ1v) is 6.75. The average molecular weight is 301 g/mol. The summed E-state index contributed by atoms with van der Waals surface area (Å²) in [5.74, 6) is 0.